The van der Waals surface area contributed by atoms with Gasteiger partial charge in [-0.15, -0.1) is 12.4 Å². The summed E-state index contributed by atoms with van der Waals surface area (Å²) >= 11 is 0. The Balaban J connectivity index is 0.00000256. The number of alkyl carbamates (subject to hydrolysis) is 1. The fraction of sp³-hybridized carbons (Fsp3) is 0.750. The molecule has 0 radical (unpaired) electrons. The van der Waals surface area contributed by atoms with E-state index >= 15 is 0 Å². The van der Waals surface area contributed by atoms with Crippen molar-refractivity contribution in [2.75, 3.05) is 13.1 Å². The van der Waals surface area contributed by atoms with E-state index in [4.69, 9.17) is 10.5 Å². The highest BCUT2D eigenvalue weighted by atomic mass is 35.5. The molecule has 0 saturated carbocycles. The Morgan fingerprint density at radius 2 is 2.12 bits per heavy atom. The van der Waals surface area contributed by atoms with Gasteiger partial charge < -0.3 is 15.8 Å². The van der Waals surface area contributed by atoms with Crippen LogP contribution in [0.1, 0.15) is 38.5 Å². The lowest BCUT2D eigenvalue weighted by molar-refractivity contribution is 0.0864. The predicted molar refractivity (Wildman–Crippen MR) is 71.4 cm³/mol. The Kier molecular flexibility index (Phi) is 9.96. The minimum atomic E-state index is -0.303. The average Bonchev–Trinajstić information content (AvgIpc) is 2.22. The van der Waals surface area contributed by atoms with Crippen molar-refractivity contribution in [1.82, 2.24) is 5.32 Å². The van der Waals surface area contributed by atoms with Gasteiger partial charge in [-0.05, 0) is 45.1 Å². The second kappa shape index (κ2) is 10.4. The summed E-state index contributed by atoms with van der Waals surface area (Å²) in [6, 6.07) is 0. The van der Waals surface area contributed by atoms with E-state index in [0.29, 0.717) is 13.1 Å². The van der Waals surface area contributed by atoms with Gasteiger partial charge in [-0.2, -0.15) is 0 Å². The summed E-state index contributed by atoms with van der Waals surface area (Å²) in [7, 11) is 0. The SMILES string of the molecule is Cl.NCCCNC(=O)OC1CC/C=C\CCC1. The number of halogens is 1. The number of carbonyl (C=O) groups is 1. The van der Waals surface area contributed by atoms with E-state index in [-0.39, 0.29) is 24.6 Å². The zero-order valence-electron chi connectivity index (χ0n) is 10.2. The molecule has 0 aromatic carbocycles. The first kappa shape index (κ1) is 16.3. The van der Waals surface area contributed by atoms with Crippen LogP contribution in [0.2, 0.25) is 0 Å². The Morgan fingerprint density at radius 1 is 1.35 bits per heavy atom. The normalized spacial score (nSPS) is 21.6. The van der Waals surface area contributed by atoms with Crippen LogP contribution in [-0.4, -0.2) is 25.3 Å². The molecular weight excluding hydrogens is 240 g/mol. The van der Waals surface area contributed by atoms with Crippen molar-refractivity contribution < 1.29 is 9.53 Å². The number of hydrogen-bond acceptors (Lipinski definition) is 3. The van der Waals surface area contributed by atoms with E-state index in [0.717, 1.165) is 38.5 Å². The second-order valence-electron chi connectivity index (χ2n) is 4.08. The summed E-state index contributed by atoms with van der Waals surface area (Å²) in [6.07, 6.45) is 10.0. The molecule has 3 N–H and O–H groups in total. The monoisotopic (exact) mass is 262 g/mol. The van der Waals surface area contributed by atoms with Crippen molar-refractivity contribution in [3.05, 3.63) is 12.2 Å². The average molecular weight is 263 g/mol. The van der Waals surface area contributed by atoms with Crippen LogP contribution in [-0.2, 0) is 4.74 Å². The van der Waals surface area contributed by atoms with Crippen LogP contribution in [0, 0.1) is 0 Å². The smallest absolute Gasteiger partial charge is 0.407 e. The van der Waals surface area contributed by atoms with Crippen molar-refractivity contribution >= 4 is 18.5 Å². The van der Waals surface area contributed by atoms with Crippen molar-refractivity contribution in [2.45, 2.75) is 44.6 Å². The molecule has 1 aliphatic carbocycles. The van der Waals surface area contributed by atoms with Crippen LogP contribution in [0.3, 0.4) is 0 Å². The molecule has 0 saturated heterocycles. The van der Waals surface area contributed by atoms with Gasteiger partial charge in [0.25, 0.3) is 0 Å². The topological polar surface area (TPSA) is 64.3 Å². The van der Waals surface area contributed by atoms with Gasteiger partial charge in [0.2, 0.25) is 0 Å². The van der Waals surface area contributed by atoms with Crippen molar-refractivity contribution in [3.63, 3.8) is 0 Å². The van der Waals surface area contributed by atoms with Crippen molar-refractivity contribution in [2.24, 2.45) is 5.73 Å². The van der Waals surface area contributed by atoms with E-state index < -0.39 is 0 Å². The second-order valence-corrected chi connectivity index (χ2v) is 4.08. The molecule has 0 aliphatic heterocycles. The molecule has 0 heterocycles. The van der Waals surface area contributed by atoms with Crippen LogP contribution in [0.5, 0.6) is 0 Å². The zero-order valence-corrected chi connectivity index (χ0v) is 11.0. The molecule has 0 spiro atoms. The minimum absolute atomic E-state index is 0. The van der Waals surface area contributed by atoms with E-state index in [2.05, 4.69) is 17.5 Å². The maximum atomic E-state index is 11.4. The van der Waals surface area contributed by atoms with Crippen LogP contribution in [0.15, 0.2) is 12.2 Å². The molecule has 0 fully saturated rings. The number of ether oxygens (including phenoxy) is 1. The van der Waals surface area contributed by atoms with Gasteiger partial charge >= 0.3 is 6.09 Å². The maximum Gasteiger partial charge on any atom is 0.407 e. The summed E-state index contributed by atoms with van der Waals surface area (Å²) in [5, 5.41) is 2.71. The summed E-state index contributed by atoms with van der Waals surface area (Å²) in [5.74, 6) is 0. The third kappa shape index (κ3) is 8.05. The molecule has 1 amide bonds. The van der Waals surface area contributed by atoms with Gasteiger partial charge in [-0.1, -0.05) is 12.2 Å². The highest BCUT2D eigenvalue weighted by molar-refractivity contribution is 5.85. The predicted octanol–water partition coefficient (Wildman–Crippen LogP) is 2.37. The van der Waals surface area contributed by atoms with Crippen molar-refractivity contribution in [3.8, 4) is 0 Å². The Labute approximate surface area is 109 Å². The Hall–Kier alpha value is -0.740. The molecule has 5 heteroatoms. The van der Waals surface area contributed by atoms with Gasteiger partial charge in [-0.25, -0.2) is 4.79 Å². The third-order valence-electron chi connectivity index (χ3n) is 2.64. The first-order valence-corrected chi connectivity index (χ1v) is 6.12. The molecule has 4 nitrogen and oxygen atoms in total. The highest BCUT2D eigenvalue weighted by Crippen LogP contribution is 2.15. The number of hydrogen-bond donors (Lipinski definition) is 2. The van der Waals surface area contributed by atoms with Gasteiger partial charge in [0.15, 0.2) is 0 Å². The Morgan fingerprint density at radius 3 is 2.88 bits per heavy atom. The summed E-state index contributed by atoms with van der Waals surface area (Å²) < 4.78 is 5.35. The molecule has 0 aromatic heterocycles. The molecule has 100 valence electrons. The van der Waals surface area contributed by atoms with Gasteiger partial charge in [-0.3, -0.25) is 0 Å². The van der Waals surface area contributed by atoms with Crippen LogP contribution in [0.25, 0.3) is 0 Å². The summed E-state index contributed by atoms with van der Waals surface area (Å²) in [4.78, 5) is 11.4. The van der Waals surface area contributed by atoms with Crippen LogP contribution in [0.4, 0.5) is 4.79 Å². The lowest BCUT2D eigenvalue weighted by Crippen LogP contribution is -2.30. The van der Waals surface area contributed by atoms with Gasteiger partial charge in [0.1, 0.15) is 6.10 Å². The molecule has 17 heavy (non-hydrogen) atoms. The molecule has 1 unspecified atom stereocenters. The number of amides is 1. The molecule has 0 bridgehead atoms. The fourth-order valence-electron chi connectivity index (χ4n) is 1.73. The van der Waals surface area contributed by atoms with E-state index in [1.165, 1.54) is 0 Å². The van der Waals surface area contributed by atoms with Crippen LogP contribution < -0.4 is 11.1 Å². The molecule has 1 rings (SSSR count). The standard InChI is InChI=1S/C12H22N2O2.ClH/c13-9-6-10-14-12(15)16-11-7-4-2-1-3-5-8-11;/h1-2,11H,3-10,13H2,(H,14,15);1H/b2-1-;. The number of nitrogens with two attached hydrogens (primary N) is 1. The first-order valence-electron chi connectivity index (χ1n) is 6.12. The van der Waals surface area contributed by atoms with Gasteiger partial charge in [0, 0.05) is 6.54 Å². The number of allylic oxidation sites excluding steroid dienone is 2. The number of carbonyl (C=O) groups excluding carboxylic acids is 1. The Bertz CT molecular complexity index is 235. The largest absolute Gasteiger partial charge is 0.446 e. The molecule has 1 aliphatic rings. The molecule has 1 atom stereocenters. The summed E-state index contributed by atoms with van der Waals surface area (Å²) in [5.41, 5.74) is 5.34. The van der Waals surface area contributed by atoms with E-state index in [1.54, 1.807) is 0 Å². The third-order valence-corrected chi connectivity index (χ3v) is 2.64. The number of nitrogens with one attached hydrogen (secondary N) is 1. The summed E-state index contributed by atoms with van der Waals surface area (Å²) in [6.45, 7) is 1.19. The molecular formula is C12H23ClN2O2. The quantitative estimate of drug-likeness (QED) is 0.604. The maximum absolute atomic E-state index is 11.4. The van der Waals surface area contributed by atoms with E-state index in [1.807, 2.05) is 0 Å². The van der Waals surface area contributed by atoms with E-state index in [9.17, 15) is 4.79 Å². The lowest BCUT2D eigenvalue weighted by atomic mass is 10.0. The van der Waals surface area contributed by atoms with Crippen LogP contribution >= 0.6 is 12.4 Å². The number of rotatable bonds is 4. The highest BCUT2D eigenvalue weighted by Gasteiger charge is 2.13. The zero-order chi connectivity index (χ0) is 11.6. The first-order chi connectivity index (χ1) is 7.83. The lowest BCUT2D eigenvalue weighted by Gasteiger charge is -2.18. The molecule has 0 aromatic rings. The fourth-order valence-corrected chi connectivity index (χ4v) is 1.73. The van der Waals surface area contributed by atoms with Crippen molar-refractivity contribution in [1.29, 1.82) is 0 Å². The van der Waals surface area contributed by atoms with Gasteiger partial charge in [0.05, 0.1) is 0 Å². The minimum Gasteiger partial charge on any atom is -0.446 e.